The number of hydrogen-bond acceptors (Lipinski definition) is 4. The van der Waals surface area contributed by atoms with Gasteiger partial charge in [0, 0.05) is 32.2 Å². The fourth-order valence-electron chi connectivity index (χ4n) is 1.86. The van der Waals surface area contributed by atoms with Gasteiger partial charge in [-0.3, -0.25) is 4.90 Å². The fourth-order valence-corrected chi connectivity index (χ4v) is 1.86. The van der Waals surface area contributed by atoms with Crippen LogP contribution in [0.15, 0.2) is 12.3 Å². The van der Waals surface area contributed by atoms with Crippen molar-refractivity contribution in [2.24, 2.45) is 0 Å². The second-order valence-electron chi connectivity index (χ2n) is 3.88. The second kappa shape index (κ2) is 5.06. The van der Waals surface area contributed by atoms with E-state index in [9.17, 15) is 8.78 Å². The van der Waals surface area contributed by atoms with Gasteiger partial charge in [-0.15, -0.1) is 0 Å². The van der Waals surface area contributed by atoms with E-state index in [1.54, 1.807) is 4.90 Å². The molecule has 1 aliphatic rings. The molecule has 17 heavy (non-hydrogen) atoms. The number of hydrogen-bond donors (Lipinski definition) is 0. The molecule has 6 heteroatoms. The van der Waals surface area contributed by atoms with Gasteiger partial charge in [0.1, 0.15) is 5.82 Å². The molecule has 0 bridgehead atoms. The smallest absolute Gasteiger partial charge is 0.168 e. The normalized spacial score (nSPS) is 16.9. The highest BCUT2D eigenvalue weighted by atomic mass is 19.1. The first-order valence-electron chi connectivity index (χ1n) is 5.36. The number of halogens is 2. The van der Waals surface area contributed by atoms with Gasteiger partial charge in [-0.25, -0.2) is 13.8 Å². The molecule has 1 fully saturated rings. The second-order valence-corrected chi connectivity index (χ2v) is 3.88. The average molecular weight is 238 g/mol. The number of aromatic nitrogens is 1. The minimum atomic E-state index is -0.672. The van der Waals surface area contributed by atoms with Crippen LogP contribution in [0.5, 0.6) is 0 Å². The summed E-state index contributed by atoms with van der Waals surface area (Å²) in [6.07, 6.45) is 1.01. The summed E-state index contributed by atoms with van der Waals surface area (Å²) in [6.45, 7) is 2.94. The van der Waals surface area contributed by atoms with Crippen molar-refractivity contribution in [1.82, 2.24) is 9.88 Å². The zero-order chi connectivity index (χ0) is 12.3. The Morgan fingerprint density at radius 2 is 2.00 bits per heavy atom. The Balaban J connectivity index is 2.03. The summed E-state index contributed by atoms with van der Waals surface area (Å²) in [4.78, 5) is 7.52. The van der Waals surface area contributed by atoms with E-state index in [-0.39, 0.29) is 5.82 Å². The average Bonchev–Trinajstić information content (AvgIpc) is 2.31. The Morgan fingerprint density at radius 3 is 2.59 bits per heavy atom. The lowest BCUT2D eigenvalue weighted by atomic mass is 10.3. The minimum absolute atomic E-state index is 0.183. The van der Waals surface area contributed by atoms with Crippen LogP contribution in [0.4, 0.5) is 14.6 Å². The Morgan fingerprint density at radius 1 is 1.29 bits per heavy atom. The predicted octanol–water partition coefficient (Wildman–Crippen LogP) is 1.01. The highest BCUT2D eigenvalue weighted by Gasteiger charge is 2.20. The number of anilines is 1. The van der Waals surface area contributed by atoms with Gasteiger partial charge in [-0.2, -0.15) is 5.26 Å². The molecule has 0 amide bonds. The molecular formula is C11H12F2N4. The van der Waals surface area contributed by atoms with Gasteiger partial charge in [0.15, 0.2) is 11.6 Å². The van der Waals surface area contributed by atoms with E-state index in [1.165, 1.54) is 0 Å². The summed E-state index contributed by atoms with van der Waals surface area (Å²) < 4.78 is 26.2. The summed E-state index contributed by atoms with van der Waals surface area (Å²) in [5.41, 5.74) is 0. The van der Waals surface area contributed by atoms with Gasteiger partial charge in [-0.05, 0) is 0 Å². The first-order valence-corrected chi connectivity index (χ1v) is 5.36. The molecule has 0 spiro atoms. The van der Waals surface area contributed by atoms with Crippen molar-refractivity contribution in [1.29, 1.82) is 5.26 Å². The van der Waals surface area contributed by atoms with Crippen LogP contribution in [-0.4, -0.2) is 42.6 Å². The van der Waals surface area contributed by atoms with Crippen LogP contribution in [0.2, 0.25) is 0 Å². The third-order valence-corrected chi connectivity index (χ3v) is 2.75. The third kappa shape index (κ3) is 2.68. The molecule has 2 rings (SSSR count). The molecule has 0 unspecified atom stereocenters. The van der Waals surface area contributed by atoms with Gasteiger partial charge >= 0.3 is 0 Å². The van der Waals surface area contributed by atoms with Gasteiger partial charge in [0.05, 0.1) is 18.8 Å². The fraction of sp³-hybridized carbons (Fsp3) is 0.455. The van der Waals surface area contributed by atoms with Crippen LogP contribution < -0.4 is 4.90 Å². The molecule has 0 aliphatic carbocycles. The van der Waals surface area contributed by atoms with E-state index in [2.05, 4.69) is 11.1 Å². The van der Waals surface area contributed by atoms with Crippen LogP contribution in [-0.2, 0) is 0 Å². The van der Waals surface area contributed by atoms with Crippen molar-refractivity contribution >= 4 is 5.82 Å². The highest BCUT2D eigenvalue weighted by molar-refractivity contribution is 5.40. The van der Waals surface area contributed by atoms with Gasteiger partial charge < -0.3 is 4.90 Å². The van der Waals surface area contributed by atoms with Crippen LogP contribution in [0.3, 0.4) is 0 Å². The molecule has 1 aromatic rings. The quantitative estimate of drug-likeness (QED) is 0.721. The van der Waals surface area contributed by atoms with Crippen molar-refractivity contribution in [3.8, 4) is 6.07 Å². The number of nitrogens with zero attached hydrogens (tertiary/aromatic N) is 4. The zero-order valence-electron chi connectivity index (χ0n) is 9.24. The van der Waals surface area contributed by atoms with E-state index in [0.717, 1.165) is 12.3 Å². The Bertz CT molecular complexity index is 436. The molecule has 0 N–H and O–H groups in total. The topological polar surface area (TPSA) is 43.2 Å². The molecule has 0 atom stereocenters. The maximum Gasteiger partial charge on any atom is 0.168 e. The van der Waals surface area contributed by atoms with Crippen LogP contribution in [0, 0.1) is 23.0 Å². The Kier molecular flexibility index (Phi) is 3.49. The van der Waals surface area contributed by atoms with Crippen LogP contribution >= 0.6 is 0 Å². The molecule has 0 aromatic carbocycles. The molecule has 0 saturated carbocycles. The molecule has 4 nitrogen and oxygen atoms in total. The summed E-state index contributed by atoms with van der Waals surface area (Å²) in [5.74, 6) is -1.13. The van der Waals surface area contributed by atoms with Crippen molar-refractivity contribution in [2.75, 3.05) is 37.6 Å². The number of rotatable bonds is 2. The molecule has 1 saturated heterocycles. The molecule has 0 radical (unpaired) electrons. The Hall–Kier alpha value is -1.74. The van der Waals surface area contributed by atoms with Gasteiger partial charge in [0.2, 0.25) is 0 Å². The number of pyridine rings is 1. The van der Waals surface area contributed by atoms with E-state index >= 15 is 0 Å². The summed E-state index contributed by atoms with van der Waals surface area (Å²) >= 11 is 0. The maximum atomic E-state index is 13.5. The van der Waals surface area contributed by atoms with Crippen molar-refractivity contribution in [3.05, 3.63) is 23.9 Å². The first-order chi connectivity index (χ1) is 8.20. The molecule has 1 aliphatic heterocycles. The summed E-state index contributed by atoms with van der Waals surface area (Å²) in [5, 5.41) is 8.56. The molecule has 90 valence electrons. The zero-order valence-corrected chi connectivity index (χ0v) is 9.24. The van der Waals surface area contributed by atoms with E-state index in [0.29, 0.717) is 32.7 Å². The lowest BCUT2D eigenvalue weighted by Crippen LogP contribution is -2.47. The van der Waals surface area contributed by atoms with Crippen LogP contribution in [0.25, 0.3) is 0 Å². The third-order valence-electron chi connectivity index (χ3n) is 2.75. The maximum absolute atomic E-state index is 13.5. The van der Waals surface area contributed by atoms with E-state index in [1.807, 2.05) is 4.90 Å². The number of nitriles is 1. The number of piperazine rings is 1. The lowest BCUT2D eigenvalue weighted by Gasteiger charge is -2.34. The highest BCUT2D eigenvalue weighted by Crippen LogP contribution is 2.18. The lowest BCUT2D eigenvalue weighted by molar-refractivity contribution is 0.285. The monoisotopic (exact) mass is 238 g/mol. The predicted molar refractivity (Wildman–Crippen MR) is 58.4 cm³/mol. The first kappa shape index (κ1) is 11.7. The van der Waals surface area contributed by atoms with Crippen molar-refractivity contribution < 1.29 is 8.78 Å². The van der Waals surface area contributed by atoms with Crippen LogP contribution in [0.1, 0.15) is 0 Å². The molecular weight excluding hydrogens is 226 g/mol. The standard InChI is InChI=1S/C11H12F2N4/c12-9-7-10(13)11(15-8-9)17-5-3-16(2-1-14)4-6-17/h7-8H,2-6H2. The van der Waals surface area contributed by atoms with Gasteiger partial charge in [-0.1, -0.05) is 0 Å². The summed E-state index contributed by atoms with van der Waals surface area (Å²) in [6, 6.07) is 2.92. The van der Waals surface area contributed by atoms with Crippen molar-refractivity contribution in [2.45, 2.75) is 0 Å². The summed E-state index contributed by atoms with van der Waals surface area (Å²) in [7, 11) is 0. The largest absolute Gasteiger partial charge is 0.352 e. The van der Waals surface area contributed by atoms with E-state index < -0.39 is 11.6 Å². The Labute approximate surface area is 98.1 Å². The molecule has 2 heterocycles. The minimum Gasteiger partial charge on any atom is -0.352 e. The van der Waals surface area contributed by atoms with E-state index in [4.69, 9.17) is 5.26 Å². The molecule has 1 aromatic heterocycles. The van der Waals surface area contributed by atoms with Gasteiger partial charge in [0.25, 0.3) is 0 Å². The SMILES string of the molecule is N#CCN1CCN(c2ncc(F)cc2F)CC1. The van der Waals surface area contributed by atoms with Crippen molar-refractivity contribution in [3.63, 3.8) is 0 Å².